The topological polar surface area (TPSA) is 95.5 Å². The number of carbonyl (C=O) groups is 3. The first kappa shape index (κ1) is 19.7. The molecule has 0 spiro atoms. The van der Waals surface area contributed by atoms with Crippen molar-refractivity contribution >= 4 is 28.8 Å². The molecule has 1 aliphatic rings. The Bertz CT molecular complexity index is 919. The molecule has 0 bridgehead atoms. The molecule has 148 valence electrons. The fraction of sp³-hybridized carbons (Fsp3) is 0.450. The van der Waals surface area contributed by atoms with Gasteiger partial charge in [0.1, 0.15) is 0 Å². The Morgan fingerprint density at radius 1 is 0.964 bits per heavy atom. The van der Waals surface area contributed by atoms with Crippen LogP contribution in [0.4, 0.5) is 0 Å². The van der Waals surface area contributed by atoms with Gasteiger partial charge in [-0.05, 0) is 32.0 Å². The summed E-state index contributed by atoms with van der Waals surface area (Å²) in [7, 11) is 0. The second-order valence-corrected chi connectivity index (χ2v) is 6.99. The van der Waals surface area contributed by atoms with Crippen molar-refractivity contribution in [3.8, 4) is 0 Å². The van der Waals surface area contributed by atoms with E-state index in [9.17, 15) is 14.4 Å². The van der Waals surface area contributed by atoms with Crippen LogP contribution in [0.15, 0.2) is 18.2 Å². The van der Waals surface area contributed by atoms with Crippen LogP contribution in [-0.4, -0.2) is 70.2 Å². The van der Waals surface area contributed by atoms with Gasteiger partial charge in [-0.3, -0.25) is 14.4 Å². The number of rotatable bonds is 4. The van der Waals surface area contributed by atoms with Gasteiger partial charge in [0.25, 0.3) is 5.91 Å². The minimum atomic E-state index is -0.240. The van der Waals surface area contributed by atoms with E-state index in [0.29, 0.717) is 37.3 Å². The monoisotopic (exact) mass is 383 g/mol. The lowest BCUT2D eigenvalue weighted by atomic mass is 10.1. The van der Waals surface area contributed by atoms with Crippen LogP contribution in [0.5, 0.6) is 0 Å². The maximum absolute atomic E-state index is 12.4. The summed E-state index contributed by atoms with van der Waals surface area (Å²) in [4.78, 5) is 48.4. The fourth-order valence-corrected chi connectivity index (χ4v) is 3.19. The van der Waals surface area contributed by atoms with Gasteiger partial charge in [0.05, 0.1) is 22.4 Å². The van der Waals surface area contributed by atoms with Crippen LogP contribution in [0, 0.1) is 13.8 Å². The first-order chi connectivity index (χ1) is 13.3. The number of nitrogens with one attached hydrogen (secondary N) is 1. The molecule has 2 heterocycles. The highest BCUT2D eigenvalue weighted by Crippen LogP contribution is 2.14. The van der Waals surface area contributed by atoms with E-state index in [4.69, 9.17) is 0 Å². The normalized spacial score (nSPS) is 14.2. The minimum Gasteiger partial charge on any atom is -0.352 e. The van der Waals surface area contributed by atoms with Crippen LogP contribution in [0.3, 0.4) is 0 Å². The fourth-order valence-electron chi connectivity index (χ4n) is 3.19. The summed E-state index contributed by atoms with van der Waals surface area (Å²) in [6.45, 7) is 7.78. The van der Waals surface area contributed by atoms with E-state index in [2.05, 4.69) is 15.3 Å². The molecular formula is C20H25N5O3. The Labute approximate surface area is 163 Å². The molecule has 3 rings (SSSR count). The van der Waals surface area contributed by atoms with Gasteiger partial charge < -0.3 is 15.1 Å². The number of fused-ring (bicyclic) bond motifs is 1. The van der Waals surface area contributed by atoms with Crippen molar-refractivity contribution in [1.29, 1.82) is 0 Å². The average Bonchev–Trinajstić information content (AvgIpc) is 2.68. The molecule has 1 saturated heterocycles. The lowest BCUT2D eigenvalue weighted by molar-refractivity contribution is -0.138. The minimum absolute atomic E-state index is 0.0148. The zero-order chi connectivity index (χ0) is 20.3. The van der Waals surface area contributed by atoms with Crippen LogP contribution in [0.1, 0.15) is 35.1 Å². The lowest BCUT2D eigenvalue weighted by Crippen LogP contribution is -2.50. The number of amides is 3. The van der Waals surface area contributed by atoms with Crippen molar-refractivity contribution in [2.24, 2.45) is 0 Å². The third-order valence-corrected chi connectivity index (χ3v) is 5.04. The molecule has 0 atom stereocenters. The quantitative estimate of drug-likeness (QED) is 0.852. The number of hydrogen-bond donors (Lipinski definition) is 1. The number of carbonyl (C=O) groups excluding carboxylic acids is 3. The molecule has 0 aliphatic carbocycles. The van der Waals surface area contributed by atoms with E-state index in [0.717, 1.165) is 16.9 Å². The maximum atomic E-state index is 12.4. The number of aromatic nitrogens is 2. The predicted octanol–water partition coefficient (Wildman–Crippen LogP) is 1.06. The summed E-state index contributed by atoms with van der Waals surface area (Å²) in [6.07, 6.45) is 0.234. The molecular weight excluding hydrogens is 358 g/mol. The van der Waals surface area contributed by atoms with E-state index in [1.54, 1.807) is 28.0 Å². The average molecular weight is 383 g/mol. The molecule has 2 aromatic rings. The summed E-state index contributed by atoms with van der Waals surface area (Å²) in [5, 5.41) is 2.79. The molecule has 0 saturated carbocycles. The first-order valence-electron chi connectivity index (χ1n) is 9.41. The molecule has 0 radical (unpaired) electrons. The van der Waals surface area contributed by atoms with Crippen LogP contribution in [-0.2, 0) is 9.59 Å². The zero-order valence-corrected chi connectivity index (χ0v) is 16.5. The second-order valence-electron chi connectivity index (χ2n) is 6.99. The first-order valence-corrected chi connectivity index (χ1v) is 9.41. The SMILES string of the molecule is CC(=O)N1CCN(C(=O)CCNC(=O)c2ccc3nc(C)c(C)nc3c2)CC1. The Kier molecular flexibility index (Phi) is 5.87. The van der Waals surface area contributed by atoms with E-state index >= 15 is 0 Å². The molecule has 8 heteroatoms. The Morgan fingerprint density at radius 2 is 1.57 bits per heavy atom. The van der Waals surface area contributed by atoms with Crippen LogP contribution in [0.25, 0.3) is 11.0 Å². The second kappa shape index (κ2) is 8.33. The summed E-state index contributed by atoms with van der Waals surface area (Å²) in [6, 6.07) is 5.21. The Balaban J connectivity index is 1.52. The highest BCUT2D eigenvalue weighted by molar-refractivity contribution is 5.97. The van der Waals surface area contributed by atoms with Gasteiger partial charge in [-0.25, -0.2) is 9.97 Å². The number of aryl methyl sites for hydroxylation is 2. The molecule has 28 heavy (non-hydrogen) atoms. The number of piperazine rings is 1. The highest BCUT2D eigenvalue weighted by atomic mass is 16.2. The molecule has 1 aromatic heterocycles. The summed E-state index contributed by atoms with van der Waals surface area (Å²) in [5.74, 6) is -0.222. The van der Waals surface area contributed by atoms with E-state index < -0.39 is 0 Å². The number of hydrogen-bond acceptors (Lipinski definition) is 5. The number of nitrogens with zero attached hydrogens (tertiary/aromatic N) is 4. The van der Waals surface area contributed by atoms with Gasteiger partial charge in [0, 0.05) is 51.6 Å². The van der Waals surface area contributed by atoms with Gasteiger partial charge in [-0.2, -0.15) is 0 Å². The molecule has 1 aliphatic heterocycles. The molecule has 3 amide bonds. The lowest BCUT2D eigenvalue weighted by Gasteiger charge is -2.34. The highest BCUT2D eigenvalue weighted by Gasteiger charge is 2.22. The predicted molar refractivity (Wildman–Crippen MR) is 105 cm³/mol. The van der Waals surface area contributed by atoms with Crippen molar-refractivity contribution in [3.05, 3.63) is 35.2 Å². The van der Waals surface area contributed by atoms with Gasteiger partial charge in [0.15, 0.2) is 0 Å². The van der Waals surface area contributed by atoms with Crippen LogP contribution < -0.4 is 5.32 Å². The Hall–Kier alpha value is -3.03. The Morgan fingerprint density at radius 3 is 2.21 bits per heavy atom. The largest absolute Gasteiger partial charge is 0.352 e. The zero-order valence-electron chi connectivity index (χ0n) is 16.5. The van der Waals surface area contributed by atoms with Gasteiger partial charge in [0.2, 0.25) is 11.8 Å². The molecule has 1 aromatic carbocycles. The van der Waals surface area contributed by atoms with Crippen molar-refractivity contribution in [1.82, 2.24) is 25.1 Å². The van der Waals surface area contributed by atoms with Gasteiger partial charge in [-0.15, -0.1) is 0 Å². The van der Waals surface area contributed by atoms with E-state index in [1.165, 1.54) is 6.92 Å². The van der Waals surface area contributed by atoms with Crippen molar-refractivity contribution < 1.29 is 14.4 Å². The van der Waals surface area contributed by atoms with Crippen molar-refractivity contribution in [2.75, 3.05) is 32.7 Å². The molecule has 1 fully saturated rings. The summed E-state index contributed by atoms with van der Waals surface area (Å²) in [5.41, 5.74) is 3.62. The number of benzene rings is 1. The van der Waals surface area contributed by atoms with E-state index in [1.807, 2.05) is 13.8 Å². The molecule has 0 unspecified atom stereocenters. The molecule has 8 nitrogen and oxygen atoms in total. The maximum Gasteiger partial charge on any atom is 0.251 e. The summed E-state index contributed by atoms with van der Waals surface area (Å²) >= 11 is 0. The standard InChI is InChI=1S/C20H25N5O3/c1-13-14(2)23-18-12-16(4-5-17(18)22-13)20(28)21-7-6-19(27)25-10-8-24(9-11-25)15(3)26/h4-5,12H,6-11H2,1-3H3,(H,21,28). The summed E-state index contributed by atoms with van der Waals surface area (Å²) < 4.78 is 0. The van der Waals surface area contributed by atoms with Crippen molar-refractivity contribution in [2.45, 2.75) is 27.2 Å². The third kappa shape index (κ3) is 4.44. The molecule has 1 N–H and O–H groups in total. The van der Waals surface area contributed by atoms with Gasteiger partial charge >= 0.3 is 0 Å². The smallest absolute Gasteiger partial charge is 0.251 e. The van der Waals surface area contributed by atoms with Gasteiger partial charge in [-0.1, -0.05) is 0 Å². The van der Waals surface area contributed by atoms with Crippen molar-refractivity contribution in [3.63, 3.8) is 0 Å². The van der Waals surface area contributed by atoms with E-state index in [-0.39, 0.29) is 30.7 Å². The van der Waals surface area contributed by atoms with Crippen LogP contribution in [0.2, 0.25) is 0 Å². The van der Waals surface area contributed by atoms with Crippen LogP contribution >= 0.6 is 0 Å². The third-order valence-electron chi connectivity index (χ3n) is 5.04.